The minimum Gasteiger partial charge on any atom is -0.354 e. The van der Waals surface area contributed by atoms with Crippen LogP contribution in [-0.2, 0) is 15.0 Å². The summed E-state index contributed by atoms with van der Waals surface area (Å²) in [4.78, 5) is 38.4. The molecule has 3 amide bonds. The number of nitrogens with one attached hydrogen (secondary N) is 1. The topological polar surface area (TPSA) is 66.5 Å². The minimum absolute atomic E-state index is 0.00941. The van der Waals surface area contributed by atoms with Gasteiger partial charge >= 0.3 is 0 Å². The van der Waals surface area contributed by atoms with Gasteiger partial charge in [-0.25, -0.2) is 8.78 Å². The normalized spacial score (nSPS) is 15.7. The van der Waals surface area contributed by atoms with E-state index in [1.165, 1.54) is 36.4 Å². The molecule has 0 unspecified atom stereocenters. The fourth-order valence-corrected chi connectivity index (χ4v) is 3.78. The van der Waals surface area contributed by atoms with Crippen molar-refractivity contribution in [2.45, 2.75) is 19.3 Å². The molecule has 0 spiro atoms. The zero-order valence-electron chi connectivity index (χ0n) is 16.4. The lowest BCUT2D eigenvalue weighted by Crippen LogP contribution is -2.44. The molecule has 2 aromatic rings. The van der Waals surface area contributed by atoms with E-state index in [0.717, 1.165) is 16.7 Å². The van der Waals surface area contributed by atoms with Gasteiger partial charge in [-0.05, 0) is 55.4 Å². The van der Waals surface area contributed by atoms with Gasteiger partial charge in [0.25, 0.3) is 11.1 Å². The van der Waals surface area contributed by atoms with Crippen LogP contribution in [0.15, 0.2) is 53.4 Å². The average Bonchev–Trinajstić information content (AvgIpc) is 2.97. The van der Waals surface area contributed by atoms with Gasteiger partial charge in [0.15, 0.2) is 0 Å². The van der Waals surface area contributed by atoms with Crippen molar-refractivity contribution in [1.82, 2.24) is 10.2 Å². The number of thioether (sulfide) groups is 1. The van der Waals surface area contributed by atoms with E-state index in [-0.39, 0.29) is 29.5 Å². The first kappa shape index (κ1) is 21.7. The lowest BCUT2D eigenvalue weighted by atomic mass is 9.84. The highest BCUT2D eigenvalue weighted by atomic mass is 32.2. The first-order chi connectivity index (χ1) is 14.2. The standard InChI is InChI=1S/C22H20F2N2O3S/c1-22(2,15-7-9-16(23)10-8-15)20(28)25-11-12-26-19(27)18(30-21(26)29)13-14-5-3-4-6-17(14)24/h3-10,13H,11-12H2,1-2H3,(H,25,28)/b18-13+. The molecule has 0 bridgehead atoms. The molecule has 5 nitrogen and oxygen atoms in total. The highest BCUT2D eigenvalue weighted by molar-refractivity contribution is 8.18. The van der Waals surface area contributed by atoms with Crippen molar-refractivity contribution in [1.29, 1.82) is 0 Å². The van der Waals surface area contributed by atoms with Crippen LogP contribution in [0.1, 0.15) is 25.0 Å². The Hall–Kier alpha value is -3.00. The number of nitrogens with zero attached hydrogens (tertiary/aromatic N) is 1. The summed E-state index contributed by atoms with van der Waals surface area (Å²) in [7, 11) is 0. The fraction of sp³-hybridized carbons (Fsp3) is 0.227. The van der Waals surface area contributed by atoms with Crippen molar-refractivity contribution in [3.8, 4) is 0 Å². The molecule has 1 N–H and O–H groups in total. The zero-order chi connectivity index (χ0) is 21.9. The third-order valence-corrected chi connectivity index (χ3v) is 5.73. The van der Waals surface area contributed by atoms with E-state index in [9.17, 15) is 23.2 Å². The SMILES string of the molecule is CC(C)(C(=O)NCCN1C(=O)S/C(=C/c2ccccc2F)C1=O)c1ccc(F)cc1. The summed E-state index contributed by atoms with van der Waals surface area (Å²) in [5, 5.41) is 2.23. The third kappa shape index (κ3) is 4.59. The van der Waals surface area contributed by atoms with Crippen LogP contribution in [0.25, 0.3) is 6.08 Å². The van der Waals surface area contributed by atoms with Crippen molar-refractivity contribution in [3.05, 3.63) is 76.2 Å². The van der Waals surface area contributed by atoms with E-state index in [1.807, 2.05) is 0 Å². The Labute approximate surface area is 177 Å². The molecule has 30 heavy (non-hydrogen) atoms. The number of hydrogen-bond acceptors (Lipinski definition) is 4. The first-order valence-corrected chi connectivity index (χ1v) is 10.1. The molecule has 0 saturated carbocycles. The predicted octanol–water partition coefficient (Wildman–Crippen LogP) is 4.10. The number of benzene rings is 2. The van der Waals surface area contributed by atoms with Gasteiger partial charge in [0.2, 0.25) is 5.91 Å². The molecule has 156 valence electrons. The monoisotopic (exact) mass is 430 g/mol. The number of rotatable bonds is 6. The molecule has 8 heteroatoms. The van der Waals surface area contributed by atoms with Crippen molar-refractivity contribution in [2.75, 3.05) is 13.1 Å². The van der Waals surface area contributed by atoms with E-state index in [0.29, 0.717) is 5.56 Å². The highest BCUT2D eigenvalue weighted by Gasteiger charge is 2.35. The highest BCUT2D eigenvalue weighted by Crippen LogP contribution is 2.32. The number of hydrogen-bond donors (Lipinski definition) is 1. The maximum Gasteiger partial charge on any atom is 0.293 e. The Bertz CT molecular complexity index is 1020. The van der Waals surface area contributed by atoms with Crippen LogP contribution in [-0.4, -0.2) is 35.0 Å². The molecular weight excluding hydrogens is 410 g/mol. The van der Waals surface area contributed by atoms with Gasteiger partial charge in [-0.3, -0.25) is 19.3 Å². The summed E-state index contributed by atoms with van der Waals surface area (Å²) in [6, 6.07) is 11.6. The van der Waals surface area contributed by atoms with Gasteiger partial charge in [0, 0.05) is 18.7 Å². The second kappa shape index (κ2) is 8.79. The van der Waals surface area contributed by atoms with E-state index < -0.39 is 28.2 Å². The molecule has 1 heterocycles. The Morgan fingerprint density at radius 3 is 2.43 bits per heavy atom. The Balaban J connectivity index is 1.61. The Morgan fingerprint density at radius 2 is 1.77 bits per heavy atom. The maximum atomic E-state index is 13.8. The van der Waals surface area contributed by atoms with Crippen LogP contribution in [0.3, 0.4) is 0 Å². The molecule has 3 rings (SSSR count). The smallest absolute Gasteiger partial charge is 0.293 e. The maximum absolute atomic E-state index is 13.8. The first-order valence-electron chi connectivity index (χ1n) is 9.24. The second-order valence-corrected chi connectivity index (χ2v) is 8.24. The Kier molecular flexibility index (Phi) is 6.36. The van der Waals surface area contributed by atoms with Gasteiger partial charge in [-0.15, -0.1) is 0 Å². The van der Waals surface area contributed by atoms with Crippen LogP contribution in [0, 0.1) is 11.6 Å². The number of carbonyl (C=O) groups is 3. The number of imide groups is 1. The molecule has 0 aliphatic carbocycles. The second-order valence-electron chi connectivity index (χ2n) is 7.24. The van der Waals surface area contributed by atoms with Crippen LogP contribution in [0.5, 0.6) is 0 Å². The van der Waals surface area contributed by atoms with Crippen molar-refractivity contribution in [3.63, 3.8) is 0 Å². The number of halogens is 2. The average molecular weight is 430 g/mol. The molecule has 1 saturated heterocycles. The predicted molar refractivity (Wildman–Crippen MR) is 112 cm³/mol. The van der Waals surface area contributed by atoms with Crippen molar-refractivity contribution in [2.24, 2.45) is 0 Å². The molecule has 2 aromatic carbocycles. The molecule has 1 fully saturated rings. The van der Waals surface area contributed by atoms with Crippen molar-refractivity contribution >= 4 is 34.9 Å². The van der Waals surface area contributed by atoms with Crippen molar-refractivity contribution < 1.29 is 23.2 Å². The van der Waals surface area contributed by atoms with Gasteiger partial charge in [0.1, 0.15) is 11.6 Å². The van der Waals surface area contributed by atoms with Gasteiger partial charge in [-0.2, -0.15) is 0 Å². The van der Waals surface area contributed by atoms with Crippen LogP contribution < -0.4 is 5.32 Å². The quantitative estimate of drug-likeness (QED) is 0.701. The zero-order valence-corrected chi connectivity index (χ0v) is 17.3. The summed E-state index contributed by atoms with van der Waals surface area (Å²) >= 11 is 0.732. The number of carbonyl (C=O) groups excluding carboxylic acids is 3. The largest absolute Gasteiger partial charge is 0.354 e. The lowest BCUT2D eigenvalue weighted by Gasteiger charge is -2.24. The summed E-state index contributed by atoms with van der Waals surface area (Å²) in [6.45, 7) is 3.46. The molecule has 1 aliphatic rings. The van der Waals surface area contributed by atoms with Crippen LogP contribution in [0.2, 0.25) is 0 Å². The summed E-state index contributed by atoms with van der Waals surface area (Å²) in [6.07, 6.45) is 1.34. The lowest BCUT2D eigenvalue weighted by molar-refractivity contribution is -0.126. The summed E-state index contributed by atoms with van der Waals surface area (Å²) in [5.74, 6) is -1.72. The van der Waals surface area contributed by atoms with Crippen LogP contribution in [0.4, 0.5) is 13.6 Å². The fourth-order valence-electron chi connectivity index (χ4n) is 2.93. The molecule has 0 radical (unpaired) electrons. The van der Waals surface area contributed by atoms with Crippen LogP contribution >= 0.6 is 11.8 Å². The van der Waals surface area contributed by atoms with E-state index in [2.05, 4.69) is 5.32 Å². The molecule has 0 atom stereocenters. The molecule has 1 aliphatic heterocycles. The van der Waals surface area contributed by atoms with Gasteiger partial charge < -0.3 is 5.32 Å². The van der Waals surface area contributed by atoms with Gasteiger partial charge in [-0.1, -0.05) is 30.3 Å². The van der Waals surface area contributed by atoms with E-state index >= 15 is 0 Å². The minimum atomic E-state index is -0.919. The summed E-state index contributed by atoms with van der Waals surface area (Å²) < 4.78 is 26.9. The molecule has 0 aromatic heterocycles. The van der Waals surface area contributed by atoms with E-state index in [1.54, 1.807) is 32.0 Å². The summed E-state index contributed by atoms with van der Waals surface area (Å²) in [5.41, 5.74) is -0.0603. The third-order valence-electron chi connectivity index (χ3n) is 4.82. The van der Waals surface area contributed by atoms with E-state index in [4.69, 9.17) is 0 Å². The number of amides is 3. The van der Waals surface area contributed by atoms with Gasteiger partial charge in [0.05, 0.1) is 10.3 Å². The Morgan fingerprint density at radius 1 is 1.10 bits per heavy atom. The molecular formula is C22H20F2N2O3S.